The van der Waals surface area contributed by atoms with Crippen molar-refractivity contribution in [1.82, 2.24) is 0 Å². The van der Waals surface area contributed by atoms with E-state index in [-0.39, 0.29) is 10.5 Å². The van der Waals surface area contributed by atoms with E-state index in [0.717, 1.165) is 11.1 Å². The molecule has 0 radical (unpaired) electrons. The Morgan fingerprint density at radius 1 is 0.892 bits per heavy atom. The van der Waals surface area contributed by atoms with Gasteiger partial charge in [0.15, 0.2) is 11.5 Å². The van der Waals surface area contributed by atoms with E-state index in [0.29, 0.717) is 34.2 Å². The number of aryl methyl sites for hydroxylation is 2. The molecule has 0 heterocycles. The Kier molecular flexibility index (Phi) is 8.42. The molecule has 0 aliphatic carbocycles. The standard InChI is InChI=1S/C27H27N3O6S/c1-17-7-6-8-18(2)26(17)30-37(32,33)22-11-9-21(10-12-22)29-27(31)20(16-28)13-19-14-24(35-4)25(36-5)15-23(19)34-3/h6-15,30H,1-5H3,(H,29,31). The molecule has 10 heteroatoms. The molecule has 1 amide bonds. The Balaban J connectivity index is 1.82. The van der Waals surface area contributed by atoms with E-state index in [2.05, 4.69) is 10.0 Å². The number of hydrogen-bond acceptors (Lipinski definition) is 7. The van der Waals surface area contributed by atoms with Crippen LogP contribution in [0.15, 0.2) is 65.1 Å². The van der Waals surface area contributed by atoms with Crippen LogP contribution in [0.1, 0.15) is 16.7 Å². The van der Waals surface area contributed by atoms with Gasteiger partial charge in [0, 0.05) is 17.3 Å². The van der Waals surface area contributed by atoms with Crippen molar-refractivity contribution in [1.29, 1.82) is 5.26 Å². The molecular formula is C27H27N3O6S. The minimum absolute atomic E-state index is 0.0271. The summed E-state index contributed by atoms with van der Waals surface area (Å²) < 4.78 is 44.3. The predicted molar refractivity (Wildman–Crippen MR) is 141 cm³/mol. The average molecular weight is 522 g/mol. The van der Waals surface area contributed by atoms with E-state index in [4.69, 9.17) is 14.2 Å². The molecule has 3 aromatic rings. The van der Waals surface area contributed by atoms with Crippen molar-refractivity contribution in [2.45, 2.75) is 18.7 Å². The van der Waals surface area contributed by atoms with Crippen molar-refractivity contribution in [3.05, 3.63) is 76.9 Å². The number of anilines is 2. The Labute approximate surface area is 216 Å². The van der Waals surface area contributed by atoms with Crippen LogP contribution in [-0.4, -0.2) is 35.7 Å². The van der Waals surface area contributed by atoms with Gasteiger partial charge in [-0.15, -0.1) is 0 Å². The number of nitrogens with zero attached hydrogens (tertiary/aromatic N) is 1. The van der Waals surface area contributed by atoms with Gasteiger partial charge < -0.3 is 19.5 Å². The van der Waals surface area contributed by atoms with E-state index < -0.39 is 15.9 Å². The van der Waals surface area contributed by atoms with Crippen LogP contribution in [0, 0.1) is 25.2 Å². The molecule has 192 valence electrons. The fraction of sp³-hybridized carbons (Fsp3) is 0.185. The summed E-state index contributed by atoms with van der Waals surface area (Å²) in [5, 5.41) is 12.2. The highest BCUT2D eigenvalue weighted by Crippen LogP contribution is 2.35. The van der Waals surface area contributed by atoms with Crippen molar-refractivity contribution in [2.75, 3.05) is 31.4 Å². The number of rotatable bonds is 9. The quantitative estimate of drug-likeness (QED) is 0.309. The lowest BCUT2D eigenvalue weighted by molar-refractivity contribution is -0.112. The molecule has 9 nitrogen and oxygen atoms in total. The summed E-state index contributed by atoms with van der Waals surface area (Å²) in [5.74, 6) is 0.535. The normalized spacial score (nSPS) is 11.3. The maximum atomic E-state index is 12.9. The van der Waals surface area contributed by atoms with Gasteiger partial charge in [0.1, 0.15) is 17.4 Å². The molecule has 37 heavy (non-hydrogen) atoms. The third-order valence-electron chi connectivity index (χ3n) is 5.54. The Morgan fingerprint density at radius 2 is 1.46 bits per heavy atom. The van der Waals surface area contributed by atoms with Gasteiger partial charge in [-0.2, -0.15) is 5.26 Å². The van der Waals surface area contributed by atoms with E-state index >= 15 is 0 Å². The monoisotopic (exact) mass is 521 g/mol. The van der Waals surface area contributed by atoms with Gasteiger partial charge in [0.25, 0.3) is 15.9 Å². The molecule has 2 N–H and O–H groups in total. The molecule has 0 aliphatic heterocycles. The number of nitriles is 1. The molecule has 0 saturated heterocycles. The Bertz CT molecular complexity index is 1470. The summed E-state index contributed by atoms with van der Waals surface area (Å²) in [6.45, 7) is 3.64. The molecule has 0 aromatic heterocycles. The first kappa shape index (κ1) is 27.1. The summed E-state index contributed by atoms with van der Waals surface area (Å²) in [4.78, 5) is 12.8. The molecular weight excluding hydrogens is 494 g/mol. The van der Waals surface area contributed by atoms with Crippen molar-refractivity contribution in [3.8, 4) is 23.3 Å². The van der Waals surface area contributed by atoms with Crippen LogP contribution in [0.5, 0.6) is 17.2 Å². The number of sulfonamides is 1. The van der Waals surface area contributed by atoms with Crippen LogP contribution in [0.4, 0.5) is 11.4 Å². The number of carbonyl (C=O) groups excluding carboxylic acids is 1. The van der Waals surface area contributed by atoms with Crippen LogP contribution < -0.4 is 24.2 Å². The topological polar surface area (TPSA) is 127 Å². The minimum Gasteiger partial charge on any atom is -0.496 e. The second-order valence-corrected chi connectivity index (χ2v) is 9.65. The number of ether oxygens (including phenoxy) is 3. The van der Waals surface area contributed by atoms with Crippen molar-refractivity contribution >= 4 is 33.4 Å². The molecule has 0 atom stereocenters. The number of amides is 1. The largest absolute Gasteiger partial charge is 0.496 e. The van der Waals surface area contributed by atoms with Crippen molar-refractivity contribution in [2.24, 2.45) is 0 Å². The van der Waals surface area contributed by atoms with Crippen LogP contribution in [0.2, 0.25) is 0 Å². The van der Waals surface area contributed by atoms with E-state index in [1.54, 1.807) is 12.1 Å². The molecule has 0 saturated carbocycles. The van der Waals surface area contributed by atoms with Crippen LogP contribution in [0.3, 0.4) is 0 Å². The highest BCUT2D eigenvalue weighted by atomic mass is 32.2. The molecule has 0 aliphatic rings. The zero-order valence-electron chi connectivity index (χ0n) is 21.1. The van der Waals surface area contributed by atoms with Gasteiger partial charge >= 0.3 is 0 Å². The molecule has 0 bridgehead atoms. The molecule has 0 fully saturated rings. The Morgan fingerprint density at radius 3 is 2.00 bits per heavy atom. The van der Waals surface area contributed by atoms with Crippen LogP contribution >= 0.6 is 0 Å². The number of methoxy groups -OCH3 is 3. The van der Waals surface area contributed by atoms with Crippen molar-refractivity contribution < 1.29 is 27.4 Å². The van der Waals surface area contributed by atoms with Gasteiger partial charge in [-0.1, -0.05) is 18.2 Å². The van der Waals surface area contributed by atoms with Gasteiger partial charge in [0.2, 0.25) is 0 Å². The Hall–Kier alpha value is -4.49. The van der Waals surface area contributed by atoms with Gasteiger partial charge in [-0.3, -0.25) is 9.52 Å². The minimum atomic E-state index is -3.85. The third-order valence-corrected chi connectivity index (χ3v) is 6.91. The van der Waals surface area contributed by atoms with Gasteiger partial charge in [-0.05, 0) is 61.4 Å². The number of hydrogen-bond donors (Lipinski definition) is 2. The average Bonchev–Trinajstić information content (AvgIpc) is 2.89. The lowest BCUT2D eigenvalue weighted by atomic mass is 10.1. The maximum Gasteiger partial charge on any atom is 0.266 e. The molecule has 3 aromatic carbocycles. The van der Waals surface area contributed by atoms with Crippen molar-refractivity contribution in [3.63, 3.8) is 0 Å². The zero-order chi connectivity index (χ0) is 27.2. The first-order chi connectivity index (χ1) is 17.6. The molecule has 3 rings (SSSR count). The molecule has 0 spiro atoms. The molecule has 0 unspecified atom stereocenters. The first-order valence-electron chi connectivity index (χ1n) is 11.1. The fourth-order valence-electron chi connectivity index (χ4n) is 3.55. The summed E-state index contributed by atoms with van der Waals surface area (Å²) in [5.41, 5.74) is 2.68. The maximum absolute atomic E-state index is 12.9. The van der Waals surface area contributed by atoms with Crippen LogP contribution in [0.25, 0.3) is 6.08 Å². The van der Waals surface area contributed by atoms with E-state index in [1.807, 2.05) is 38.1 Å². The number of nitrogens with one attached hydrogen (secondary N) is 2. The second-order valence-electron chi connectivity index (χ2n) is 7.97. The second kappa shape index (κ2) is 11.5. The number of benzene rings is 3. The summed E-state index contributed by atoms with van der Waals surface area (Å²) >= 11 is 0. The van der Waals surface area contributed by atoms with E-state index in [1.165, 1.54) is 51.7 Å². The number of carbonyl (C=O) groups is 1. The zero-order valence-corrected chi connectivity index (χ0v) is 21.9. The smallest absolute Gasteiger partial charge is 0.266 e. The first-order valence-corrected chi connectivity index (χ1v) is 12.5. The van der Waals surface area contributed by atoms with Crippen LogP contribution in [-0.2, 0) is 14.8 Å². The lowest BCUT2D eigenvalue weighted by Gasteiger charge is -2.14. The predicted octanol–water partition coefficient (Wildman–Crippen LogP) is 4.68. The summed E-state index contributed by atoms with van der Waals surface area (Å²) in [6, 6.07) is 16.2. The highest BCUT2D eigenvalue weighted by molar-refractivity contribution is 7.92. The van der Waals surface area contributed by atoms with Gasteiger partial charge in [0.05, 0.1) is 31.9 Å². The summed E-state index contributed by atoms with van der Waals surface area (Å²) in [6.07, 6.45) is 1.36. The lowest BCUT2D eigenvalue weighted by Crippen LogP contribution is -2.16. The third kappa shape index (κ3) is 6.20. The van der Waals surface area contributed by atoms with E-state index in [9.17, 15) is 18.5 Å². The van der Waals surface area contributed by atoms with Gasteiger partial charge in [-0.25, -0.2) is 8.42 Å². The fourth-order valence-corrected chi connectivity index (χ4v) is 4.76. The SMILES string of the molecule is COc1cc(OC)c(OC)cc1C=C(C#N)C(=O)Nc1ccc(S(=O)(=O)Nc2c(C)cccc2C)cc1. The summed E-state index contributed by atoms with van der Waals surface area (Å²) in [7, 11) is 0.559. The highest BCUT2D eigenvalue weighted by Gasteiger charge is 2.18. The number of para-hydroxylation sites is 1.